The van der Waals surface area contributed by atoms with Crippen molar-refractivity contribution in [3.8, 4) is 50.6 Å². The van der Waals surface area contributed by atoms with Crippen LogP contribution in [0.15, 0.2) is 182 Å². The molecule has 12 aromatic carbocycles. The SMILES string of the molecule is Cc1ccc(-c2cccc(-c3ccc4c5c(-c6ccccc6)c6c(cc7c8ccccc8c8cccc6c87)c(-c6ccccc6)c5c5cccc3c54)c2)cc1C#N. The maximum Gasteiger partial charge on any atom is 0.0994 e. The number of fused-ring (bicyclic) bond motifs is 8. The molecule has 0 amide bonds. The van der Waals surface area contributed by atoms with E-state index in [1.165, 1.54) is 103 Å². The highest BCUT2D eigenvalue weighted by molar-refractivity contribution is 6.45. The van der Waals surface area contributed by atoms with E-state index in [0.29, 0.717) is 5.56 Å². The van der Waals surface area contributed by atoms with Crippen molar-refractivity contribution in [2.75, 3.05) is 0 Å². The van der Waals surface area contributed by atoms with Gasteiger partial charge in [0.2, 0.25) is 0 Å². The zero-order valence-corrected chi connectivity index (χ0v) is 31.3. The fraction of sp³-hybridized carbons (Fsp3) is 0.0179. The van der Waals surface area contributed by atoms with Gasteiger partial charge in [-0.15, -0.1) is 0 Å². The molecule has 0 aliphatic rings. The third-order valence-corrected chi connectivity index (χ3v) is 12.5. The Morgan fingerprint density at radius 3 is 1.60 bits per heavy atom. The van der Waals surface area contributed by atoms with Gasteiger partial charge in [0.25, 0.3) is 0 Å². The molecule has 0 bridgehead atoms. The molecule has 0 spiro atoms. The summed E-state index contributed by atoms with van der Waals surface area (Å²) in [7, 11) is 0. The standard InChI is InChI=1S/C56H33N/c1-33-25-26-37(30-39(33)32-57)36-17-10-18-38(29-36)40-27-28-47-52-43(40)21-11-24-46(52)55-50(34-13-4-2-5-14-34)49-31-48-42-20-9-8-19-41(42)44-22-12-23-45(53(44)48)54(49)51(56(47)55)35-15-6-3-7-16-35/h2-31H,1H3. The molecule has 0 fully saturated rings. The first-order valence-electron chi connectivity index (χ1n) is 19.7. The van der Waals surface area contributed by atoms with Crippen LogP contribution in [-0.2, 0) is 0 Å². The predicted octanol–water partition coefficient (Wildman–Crippen LogP) is 15.5. The summed E-state index contributed by atoms with van der Waals surface area (Å²) < 4.78 is 0. The van der Waals surface area contributed by atoms with E-state index in [9.17, 15) is 5.26 Å². The Hall–Kier alpha value is -7.53. The molecule has 0 saturated carbocycles. The molecule has 0 saturated heterocycles. The van der Waals surface area contributed by atoms with E-state index in [1.807, 2.05) is 19.1 Å². The van der Waals surface area contributed by atoms with Gasteiger partial charge in [-0.05, 0) is 151 Å². The Balaban J connectivity index is 1.27. The molecule has 12 rings (SSSR count). The van der Waals surface area contributed by atoms with Crippen LogP contribution in [-0.4, -0.2) is 0 Å². The average Bonchev–Trinajstić information content (AvgIpc) is 3.78. The molecule has 0 aromatic heterocycles. The van der Waals surface area contributed by atoms with E-state index in [4.69, 9.17) is 0 Å². The molecule has 1 heteroatoms. The van der Waals surface area contributed by atoms with E-state index in [2.05, 4.69) is 176 Å². The summed E-state index contributed by atoms with van der Waals surface area (Å²) in [5.41, 5.74) is 11.2. The zero-order valence-electron chi connectivity index (χ0n) is 31.3. The van der Waals surface area contributed by atoms with Crippen LogP contribution in [0.25, 0.3) is 120 Å². The lowest BCUT2D eigenvalue weighted by atomic mass is 9.84. The van der Waals surface area contributed by atoms with Crippen LogP contribution < -0.4 is 0 Å². The Labute approximate surface area is 330 Å². The third kappa shape index (κ3) is 4.44. The first kappa shape index (κ1) is 31.8. The van der Waals surface area contributed by atoms with Crippen molar-refractivity contribution in [2.45, 2.75) is 6.92 Å². The minimum Gasteiger partial charge on any atom is -0.192 e. The monoisotopic (exact) mass is 719 g/mol. The van der Waals surface area contributed by atoms with Crippen LogP contribution in [0.1, 0.15) is 11.1 Å². The summed E-state index contributed by atoms with van der Waals surface area (Å²) in [6.07, 6.45) is 0. The molecule has 0 heterocycles. The summed E-state index contributed by atoms with van der Waals surface area (Å²) in [5, 5.41) is 27.9. The molecule has 0 unspecified atom stereocenters. The van der Waals surface area contributed by atoms with Crippen molar-refractivity contribution in [1.29, 1.82) is 5.26 Å². The van der Waals surface area contributed by atoms with Gasteiger partial charge in [0.15, 0.2) is 0 Å². The molecule has 0 aliphatic heterocycles. The Morgan fingerprint density at radius 2 is 0.842 bits per heavy atom. The highest BCUT2D eigenvalue weighted by atomic mass is 14.3. The van der Waals surface area contributed by atoms with Crippen LogP contribution in [0, 0.1) is 18.3 Å². The summed E-state index contributed by atoms with van der Waals surface area (Å²) in [4.78, 5) is 0. The van der Waals surface area contributed by atoms with Gasteiger partial charge in [0, 0.05) is 0 Å². The smallest absolute Gasteiger partial charge is 0.0994 e. The molecular formula is C56H33N. The van der Waals surface area contributed by atoms with Crippen LogP contribution >= 0.6 is 0 Å². The van der Waals surface area contributed by atoms with E-state index in [-0.39, 0.29) is 0 Å². The summed E-state index contributed by atoms with van der Waals surface area (Å²) >= 11 is 0. The van der Waals surface area contributed by atoms with Crippen molar-refractivity contribution < 1.29 is 0 Å². The van der Waals surface area contributed by atoms with Gasteiger partial charge in [0.05, 0.1) is 11.6 Å². The lowest BCUT2D eigenvalue weighted by molar-refractivity contribution is 1.39. The van der Waals surface area contributed by atoms with E-state index in [1.54, 1.807) is 0 Å². The number of hydrogen-bond acceptors (Lipinski definition) is 1. The summed E-state index contributed by atoms with van der Waals surface area (Å²) in [6, 6.07) is 69.3. The molecular weight excluding hydrogens is 687 g/mol. The second-order valence-electron chi connectivity index (χ2n) is 15.5. The van der Waals surface area contributed by atoms with E-state index in [0.717, 1.165) is 22.3 Å². The number of rotatable bonds is 4. The van der Waals surface area contributed by atoms with Crippen molar-refractivity contribution in [1.82, 2.24) is 0 Å². The maximum absolute atomic E-state index is 9.79. The molecule has 1 nitrogen and oxygen atoms in total. The molecule has 57 heavy (non-hydrogen) atoms. The maximum atomic E-state index is 9.79. The topological polar surface area (TPSA) is 23.8 Å². The molecule has 262 valence electrons. The Kier molecular flexibility index (Phi) is 6.68. The fourth-order valence-electron chi connectivity index (χ4n) is 10.1. The van der Waals surface area contributed by atoms with Gasteiger partial charge in [-0.25, -0.2) is 0 Å². The first-order chi connectivity index (χ1) is 28.2. The summed E-state index contributed by atoms with van der Waals surface area (Å²) in [5.74, 6) is 0. The minimum atomic E-state index is 0.711. The van der Waals surface area contributed by atoms with Crippen LogP contribution in [0.5, 0.6) is 0 Å². The molecule has 12 aromatic rings. The largest absolute Gasteiger partial charge is 0.192 e. The Bertz CT molecular complexity index is 3630. The highest BCUT2D eigenvalue weighted by Crippen LogP contribution is 2.55. The lowest BCUT2D eigenvalue weighted by Gasteiger charge is -2.19. The molecule has 0 N–H and O–H groups in total. The Morgan fingerprint density at radius 1 is 0.316 bits per heavy atom. The van der Waals surface area contributed by atoms with Gasteiger partial charge in [-0.3, -0.25) is 0 Å². The highest BCUT2D eigenvalue weighted by Gasteiger charge is 2.27. The second-order valence-corrected chi connectivity index (χ2v) is 15.5. The second kappa shape index (κ2) is 12.0. The van der Waals surface area contributed by atoms with Crippen LogP contribution in [0.4, 0.5) is 0 Å². The lowest BCUT2D eigenvalue weighted by Crippen LogP contribution is -1.91. The molecule has 0 aliphatic carbocycles. The van der Waals surface area contributed by atoms with Crippen LogP contribution in [0.2, 0.25) is 0 Å². The third-order valence-electron chi connectivity index (χ3n) is 12.5. The normalized spacial score (nSPS) is 11.9. The van der Waals surface area contributed by atoms with E-state index < -0.39 is 0 Å². The van der Waals surface area contributed by atoms with E-state index >= 15 is 0 Å². The number of nitriles is 1. The van der Waals surface area contributed by atoms with Gasteiger partial charge in [-0.2, -0.15) is 5.26 Å². The van der Waals surface area contributed by atoms with Crippen molar-refractivity contribution in [2.24, 2.45) is 0 Å². The summed E-state index contributed by atoms with van der Waals surface area (Å²) in [6.45, 7) is 1.99. The van der Waals surface area contributed by atoms with Gasteiger partial charge < -0.3 is 0 Å². The average molecular weight is 720 g/mol. The number of hydrogen-bond donors (Lipinski definition) is 0. The predicted molar refractivity (Wildman–Crippen MR) is 243 cm³/mol. The number of aryl methyl sites for hydroxylation is 1. The van der Waals surface area contributed by atoms with Crippen molar-refractivity contribution >= 4 is 75.4 Å². The minimum absolute atomic E-state index is 0.711. The van der Waals surface area contributed by atoms with Gasteiger partial charge in [-0.1, -0.05) is 164 Å². The van der Waals surface area contributed by atoms with Gasteiger partial charge in [0.1, 0.15) is 0 Å². The molecule has 0 radical (unpaired) electrons. The molecule has 0 atom stereocenters. The number of nitrogens with zero attached hydrogens (tertiary/aromatic N) is 1. The number of benzene rings is 10. The fourth-order valence-corrected chi connectivity index (χ4v) is 10.1. The van der Waals surface area contributed by atoms with Crippen molar-refractivity contribution in [3.63, 3.8) is 0 Å². The van der Waals surface area contributed by atoms with Gasteiger partial charge >= 0.3 is 0 Å². The zero-order chi connectivity index (χ0) is 37.8. The quantitative estimate of drug-likeness (QED) is 0.166. The first-order valence-corrected chi connectivity index (χ1v) is 19.7. The van der Waals surface area contributed by atoms with Crippen molar-refractivity contribution in [3.05, 3.63) is 193 Å². The van der Waals surface area contributed by atoms with Crippen LogP contribution in [0.3, 0.4) is 0 Å².